The Morgan fingerprint density at radius 1 is 0.675 bits per heavy atom. The molecule has 0 aliphatic rings. The minimum absolute atomic E-state index is 0.0395. The molecule has 4 aromatic rings. The molecule has 0 heterocycles. The number of carbonyl (C=O) groups excluding carboxylic acids is 1. The number of rotatable bonds is 10. The molecule has 0 radical (unpaired) electrons. The fourth-order valence-corrected chi connectivity index (χ4v) is 6.97. The highest BCUT2D eigenvalue weighted by Gasteiger charge is 2.31. The number of nitrogens with zero attached hydrogens (tertiary/aromatic N) is 2. The van der Waals surface area contributed by atoms with Crippen LogP contribution < -0.4 is 0 Å². The first kappa shape index (κ1) is 29.8. The Balaban J connectivity index is 1.73. The first-order chi connectivity index (χ1) is 19.0. The van der Waals surface area contributed by atoms with Crippen LogP contribution in [-0.4, -0.2) is 30.1 Å². The molecule has 0 fully saturated rings. The summed E-state index contributed by atoms with van der Waals surface area (Å²) < 4.78 is 29.7. The Bertz CT molecular complexity index is 1530. The molecular weight excluding hydrogens is 563 g/mol. The lowest BCUT2D eigenvalue weighted by atomic mass is 10.1. The van der Waals surface area contributed by atoms with Gasteiger partial charge in [-0.05, 0) is 60.7 Å². The summed E-state index contributed by atoms with van der Waals surface area (Å²) in [6.07, 6.45) is 0. The predicted octanol–water partition coefficient (Wildman–Crippen LogP) is 7.34. The van der Waals surface area contributed by atoms with Crippen molar-refractivity contribution in [1.29, 1.82) is 0 Å². The molecule has 0 aliphatic carbocycles. The van der Waals surface area contributed by atoms with Gasteiger partial charge < -0.3 is 4.90 Å². The third-order valence-electron chi connectivity index (χ3n) is 6.64. The third kappa shape index (κ3) is 7.32. The first-order valence-corrected chi connectivity index (χ1v) is 15.1. The molecule has 0 N–H and O–H groups in total. The standard InChI is InChI=1S/C32H32Cl2N2O3S/c1-23-16-24(2)32(25(3)17-23)40(38,39)36(21-28-14-15-29(33)30(34)18-28)22-31(37)35(19-26-10-6-4-7-11-26)20-27-12-8-5-9-13-27/h4-18H,19-22H2,1-3H3. The summed E-state index contributed by atoms with van der Waals surface area (Å²) in [5.41, 5.74) is 4.78. The van der Waals surface area contributed by atoms with Crippen LogP contribution in [0.2, 0.25) is 10.0 Å². The Morgan fingerprint density at radius 2 is 1.20 bits per heavy atom. The van der Waals surface area contributed by atoms with Crippen LogP contribution in [0.4, 0.5) is 0 Å². The van der Waals surface area contributed by atoms with Crippen LogP contribution in [0.1, 0.15) is 33.4 Å². The van der Waals surface area contributed by atoms with Gasteiger partial charge in [0.1, 0.15) is 0 Å². The van der Waals surface area contributed by atoms with Crippen molar-refractivity contribution in [3.63, 3.8) is 0 Å². The van der Waals surface area contributed by atoms with Crippen molar-refractivity contribution < 1.29 is 13.2 Å². The highest BCUT2D eigenvalue weighted by molar-refractivity contribution is 7.89. The number of carbonyl (C=O) groups is 1. The Hall–Kier alpha value is -3.16. The lowest BCUT2D eigenvalue weighted by molar-refractivity contribution is -0.132. The van der Waals surface area contributed by atoms with Gasteiger partial charge in [0.15, 0.2) is 0 Å². The molecule has 40 heavy (non-hydrogen) atoms. The maximum Gasteiger partial charge on any atom is 0.244 e. The molecule has 4 aromatic carbocycles. The molecule has 0 bridgehead atoms. The zero-order valence-electron chi connectivity index (χ0n) is 22.8. The second-order valence-corrected chi connectivity index (χ2v) is 12.7. The molecular formula is C32H32Cl2N2O3S. The average molecular weight is 596 g/mol. The van der Waals surface area contributed by atoms with Crippen LogP contribution in [-0.2, 0) is 34.5 Å². The van der Waals surface area contributed by atoms with Gasteiger partial charge >= 0.3 is 0 Å². The zero-order valence-corrected chi connectivity index (χ0v) is 25.1. The van der Waals surface area contributed by atoms with E-state index in [-0.39, 0.29) is 23.9 Å². The molecule has 0 spiro atoms. The molecule has 0 saturated heterocycles. The number of aryl methyl sites for hydroxylation is 3. The first-order valence-electron chi connectivity index (χ1n) is 12.9. The number of hydrogen-bond acceptors (Lipinski definition) is 3. The van der Waals surface area contributed by atoms with Gasteiger partial charge in [0.2, 0.25) is 15.9 Å². The van der Waals surface area contributed by atoms with E-state index in [1.54, 1.807) is 36.9 Å². The summed E-state index contributed by atoms with van der Waals surface area (Å²) in [5.74, 6) is -0.307. The summed E-state index contributed by atoms with van der Waals surface area (Å²) in [6.45, 7) is 5.80. The van der Waals surface area contributed by atoms with E-state index in [0.29, 0.717) is 39.8 Å². The van der Waals surface area contributed by atoms with Gasteiger partial charge in [-0.3, -0.25) is 4.79 Å². The minimum Gasteiger partial charge on any atom is -0.333 e. The fraction of sp³-hybridized carbons (Fsp3) is 0.219. The van der Waals surface area contributed by atoms with Crippen molar-refractivity contribution in [2.45, 2.75) is 45.3 Å². The number of amides is 1. The van der Waals surface area contributed by atoms with Crippen molar-refractivity contribution in [3.8, 4) is 0 Å². The molecule has 5 nitrogen and oxygen atoms in total. The third-order valence-corrected chi connectivity index (χ3v) is 9.48. The summed E-state index contributed by atoms with van der Waals surface area (Å²) in [7, 11) is -4.06. The van der Waals surface area contributed by atoms with Crippen molar-refractivity contribution in [2.75, 3.05) is 6.54 Å². The van der Waals surface area contributed by atoms with Gasteiger partial charge in [-0.2, -0.15) is 4.31 Å². The summed E-state index contributed by atoms with van der Waals surface area (Å²) in [5, 5.41) is 0.693. The van der Waals surface area contributed by atoms with E-state index in [2.05, 4.69) is 0 Å². The van der Waals surface area contributed by atoms with E-state index in [9.17, 15) is 13.2 Å². The fourth-order valence-electron chi connectivity index (χ4n) is 4.86. The van der Waals surface area contributed by atoms with Gasteiger partial charge in [0, 0.05) is 19.6 Å². The van der Waals surface area contributed by atoms with E-state index in [4.69, 9.17) is 23.2 Å². The molecule has 1 amide bonds. The smallest absolute Gasteiger partial charge is 0.244 e. The molecule has 0 aliphatic heterocycles. The van der Waals surface area contributed by atoms with Gasteiger partial charge in [-0.1, -0.05) is 108 Å². The normalized spacial score (nSPS) is 11.6. The van der Waals surface area contributed by atoms with E-state index in [1.165, 1.54) is 4.31 Å². The maximum absolute atomic E-state index is 14.2. The monoisotopic (exact) mass is 594 g/mol. The molecule has 0 unspecified atom stereocenters. The maximum atomic E-state index is 14.2. The summed E-state index contributed by atoms with van der Waals surface area (Å²) >= 11 is 12.4. The number of benzene rings is 4. The van der Waals surface area contributed by atoms with Crippen molar-refractivity contribution >= 4 is 39.1 Å². The minimum atomic E-state index is -4.06. The predicted molar refractivity (Wildman–Crippen MR) is 162 cm³/mol. The highest BCUT2D eigenvalue weighted by atomic mass is 35.5. The molecule has 0 aromatic heterocycles. The zero-order chi connectivity index (χ0) is 28.9. The number of hydrogen-bond donors (Lipinski definition) is 0. The van der Waals surface area contributed by atoms with Crippen molar-refractivity contribution in [3.05, 3.63) is 134 Å². The van der Waals surface area contributed by atoms with Gasteiger partial charge in [0.25, 0.3) is 0 Å². The summed E-state index contributed by atoms with van der Waals surface area (Å²) in [4.78, 5) is 15.9. The van der Waals surface area contributed by atoms with Crippen molar-refractivity contribution in [1.82, 2.24) is 9.21 Å². The second-order valence-electron chi connectivity index (χ2n) is 9.97. The van der Waals surface area contributed by atoms with Crippen LogP contribution in [0.5, 0.6) is 0 Å². The Kier molecular flexibility index (Phi) is 9.69. The molecule has 0 saturated carbocycles. The molecule has 0 atom stereocenters. The lowest BCUT2D eigenvalue weighted by Gasteiger charge is -2.28. The Labute approximate surface area is 247 Å². The van der Waals surface area contributed by atoms with E-state index < -0.39 is 10.0 Å². The molecule has 8 heteroatoms. The van der Waals surface area contributed by atoms with Crippen LogP contribution in [0.15, 0.2) is 95.9 Å². The largest absolute Gasteiger partial charge is 0.333 e. The van der Waals surface area contributed by atoms with Crippen molar-refractivity contribution in [2.24, 2.45) is 0 Å². The van der Waals surface area contributed by atoms with E-state index >= 15 is 0 Å². The molecule has 208 valence electrons. The lowest BCUT2D eigenvalue weighted by Crippen LogP contribution is -2.42. The topological polar surface area (TPSA) is 57.7 Å². The van der Waals surface area contributed by atoms with Crippen LogP contribution in [0, 0.1) is 20.8 Å². The summed E-state index contributed by atoms with van der Waals surface area (Å²) in [6, 6.07) is 28.0. The average Bonchev–Trinajstić information content (AvgIpc) is 2.90. The van der Waals surface area contributed by atoms with Crippen LogP contribution in [0.25, 0.3) is 0 Å². The molecule has 4 rings (SSSR count). The quantitative estimate of drug-likeness (QED) is 0.193. The van der Waals surface area contributed by atoms with Crippen LogP contribution in [0.3, 0.4) is 0 Å². The van der Waals surface area contributed by atoms with Gasteiger partial charge in [-0.25, -0.2) is 8.42 Å². The highest BCUT2D eigenvalue weighted by Crippen LogP contribution is 2.29. The Morgan fingerprint density at radius 3 is 1.70 bits per heavy atom. The van der Waals surface area contributed by atoms with Gasteiger partial charge in [0.05, 0.1) is 21.5 Å². The number of sulfonamides is 1. The SMILES string of the molecule is Cc1cc(C)c(S(=O)(=O)N(CC(=O)N(Cc2ccccc2)Cc2ccccc2)Cc2ccc(Cl)c(Cl)c2)c(C)c1. The number of halogens is 2. The second kappa shape index (κ2) is 13.0. The van der Waals surface area contributed by atoms with Crippen LogP contribution >= 0.6 is 23.2 Å². The van der Waals surface area contributed by atoms with E-state index in [0.717, 1.165) is 16.7 Å². The van der Waals surface area contributed by atoms with E-state index in [1.807, 2.05) is 79.7 Å². The van der Waals surface area contributed by atoms with Gasteiger partial charge in [-0.15, -0.1) is 0 Å².